The van der Waals surface area contributed by atoms with Crippen LogP contribution in [0.4, 0.5) is 5.69 Å². The van der Waals surface area contributed by atoms with Crippen molar-refractivity contribution in [2.24, 2.45) is 11.3 Å². The zero-order valence-corrected chi connectivity index (χ0v) is 14.0. The Hall–Kier alpha value is -1.03. The van der Waals surface area contributed by atoms with Gasteiger partial charge in [-0.3, -0.25) is 4.79 Å². The minimum Gasteiger partial charge on any atom is -0.371 e. The molecule has 4 heteroatoms. The normalized spacial score (nSPS) is 19.2. The van der Waals surface area contributed by atoms with E-state index in [1.54, 1.807) is 0 Å². The van der Waals surface area contributed by atoms with E-state index in [0.29, 0.717) is 5.92 Å². The summed E-state index contributed by atoms with van der Waals surface area (Å²) in [6.07, 6.45) is 1.14. The largest absolute Gasteiger partial charge is 0.371 e. The molecule has 3 nitrogen and oxygen atoms in total. The number of benzene rings is 1. The van der Waals surface area contributed by atoms with Gasteiger partial charge >= 0.3 is 0 Å². The minimum atomic E-state index is -0.303. The molecule has 110 valence electrons. The molecule has 1 aliphatic heterocycles. The Morgan fingerprint density at radius 3 is 2.85 bits per heavy atom. The van der Waals surface area contributed by atoms with Gasteiger partial charge < -0.3 is 10.2 Å². The lowest BCUT2D eigenvalue weighted by molar-refractivity contribution is -0.128. The SMILES string of the molecule is CC(C)(C)C(=O)NCC1CCN(c2cccc(Br)c2)C1. The zero-order valence-electron chi connectivity index (χ0n) is 12.4. The third kappa shape index (κ3) is 3.98. The second kappa shape index (κ2) is 6.17. The van der Waals surface area contributed by atoms with Crippen molar-refractivity contribution < 1.29 is 4.79 Å². The molecular formula is C16H23BrN2O. The van der Waals surface area contributed by atoms with E-state index >= 15 is 0 Å². The second-order valence-corrected chi connectivity index (χ2v) is 7.46. The summed E-state index contributed by atoms with van der Waals surface area (Å²) in [6, 6.07) is 8.39. The third-order valence-corrected chi connectivity index (χ3v) is 4.18. The Morgan fingerprint density at radius 1 is 1.45 bits per heavy atom. The highest BCUT2D eigenvalue weighted by molar-refractivity contribution is 9.10. The van der Waals surface area contributed by atoms with Crippen molar-refractivity contribution in [1.29, 1.82) is 0 Å². The monoisotopic (exact) mass is 338 g/mol. The molecule has 0 spiro atoms. The van der Waals surface area contributed by atoms with Crippen molar-refractivity contribution in [3.8, 4) is 0 Å². The summed E-state index contributed by atoms with van der Waals surface area (Å²) in [5, 5.41) is 3.07. The van der Waals surface area contributed by atoms with Crippen LogP contribution in [0.3, 0.4) is 0 Å². The number of amides is 1. The molecule has 0 saturated carbocycles. The van der Waals surface area contributed by atoms with E-state index in [1.165, 1.54) is 5.69 Å². The van der Waals surface area contributed by atoms with Crippen LogP contribution in [-0.4, -0.2) is 25.5 Å². The average Bonchev–Trinajstić information content (AvgIpc) is 2.83. The van der Waals surface area contributed by atoms with E-state index in [4.69, 9.17) is 0 Å². The number of nitrogens with one attached hydrogen (secondary N) is 1. The summed E-state index contributed by atoms with van der Waals surface area (Å²) >= 11 is 3.51. The maximum Gasteiger partial charge on any atom is 0.225 e. The van der Waals surface area contributed by atoms with E-state index in [2.05, 4.69) is 44.3 Å². The minimum absolute atomic E-state index is 0.137. The Bertz CT molecular complexity index is 482. The number of hydrogen-bond donors (Lipinski definition) is 1. The van der Waals surface area contributed by atoms with Gasteiger partial charge in [0.25, 0.3) is 0 Å². The second-order valence-electron chi connectivity index (χ2n) is 6.54. The van der Waals surface area contributed by atoms with Gasteiger partial charge in [0.05, 0.1) is 0 Å². The van der Waals surface area contributed by atoms with Gasteiger partial charge in [0.1, 0.15) is 0 Å². The molecule has 1 amide bonds. The lowest BCUT2D eigenvalue weighted by Gasteiger charge is -2.21. The van der Waals surface area contributed by atoms with Gasteiger partial charge in [-0.15, -0.1) is 0 Å². The van der Waals surface area contributed by atoms with Crippen molar-refractivity contribution in [3.05, 3.63) is 28.7 Å². The molecule has 1 fully saturated rings. The number of anilines is 1. The number of nitrogens with zero attached hydrogens (tertiary/aromatic N) is 1. The van der Waals surface area contributed by atoms with E-state index in [9.17, 15) is 4.79 Å². The van der Waals surface area contributed by atoms with E-state index < -0.39 is 0 Å². The number of rotatable bonds is 3. The lowest BCUT2D eigenvalue weighted by Crippen LogP contribution is -2.38. The molecule has 0 aliphatic carbocycles. The Kier molecular flexibility index (Phi) is 4.74. The molecule has 1 aromatic carbocycles. The molecule has 1 saturated heterocycles. The average molecular weight is 339 g/mol. The predicted octanol–water partition coefficient (Wildman–Crippen LogP) is 3.44. The van der Waals surface area contributed by atoms with E-state index in [1.807, 2.05) is 26.8 Å². The molecule has 1 heterocycles. The highest BCUT2D eigenvalue weighted by Crippen LogP contribution is 2.26. The van der Waals surface area contributed by atoms with Crippen LogP contribution < -0.4 is 10.2 Å². The quantitative estimate of drug-likeness (QED) is 0.915. The van der Waals surface area contributed by atoms with Gasteiger partial charge in [-0.2, -0.15) is 0 Å². The first-order valence-corrected chi connectivity index (χ1v) is 7.94. The topological polar surface area (TPSA) is 32.3 Å². The van der Waals surface area contributed by atoms with Crippen LogP contribution in [0.25, 0.3) is 0 Å². The van der Waals surface area contributed by atoms with Crippen LogP contribution in [0.2, 0.25) is 0 Å². The van der Waals surface area contributed by atoms with Gasteiger partial charge in [-0.1, -0.05) is 42.8 Å². The van der Waals surface area contributed by atoms with Crippen molar-refractivity contribution in [1.82, 2.24) is 5.32 Å². The number of carbonyl (C=O) groups is 1. The number of hydrogen-bond acceptors (Lipinski definition) is 2. The summed E-state index contributed by atoms with van der Waals surface area (Å²) in [5.74, 6) is 0.679. The summed E-state index contributed by atoms with van der Waals surface area (Å²) in [4.78, 5) is 14.3. The summed E-state index contributed by atoms with van der Waals surface area (Å²) in [5.41, 5.74) is 0.951. The first-order chi connectivity index (χ1) is 9.36. The van der Waals surface area contributed by atoms with Gasteiger partial charge in [0.2, 0.25) is 5.91 Å². The molecule has 2 rings (SSSR count). The molecule has 1 aliphatic rings. The molecule has 1 N–H and O–H groups in total. The fourth-order valence-corrected chi connectivity index (χ4v) is 2.80. The molecule has 0 bridgehead atoms. The van der Waals surface area contributed by atoms with Crippen molar-refractivity contribution >= 4 is 27.5 Å². The smallest absolute Gasteiger partial charge is 0.225 e. The van der Waals surface area contributed by atoms with E-state index in [0.717, 1.165) is 30.5 Å². The highest BCUT2D eigenvalue weighted by Gasteiger charge is 2.26. The standard InChI is InChI=1S/C16H23BrN2O/c1-16(2,3)15(20)18-10-12-7-8-19(11-12)14-6-4-5-13(17)9-14/h4-6,9,12H,7-8,10-11H2,1-3H3,(H,18,20). The first-order valence-electron chi connectivity index (χ1n) is 7.15. The Balaban J connectivity index is 1.85. The molecule has 20 heavy (non-hydrogen) atoms. The van der Waals surface area contributed by atoms with Gasteiger partial charge in [-0.25, -0.2) is 0 Å². The Morgan fingerprint density at radius 2 is 2.20 bits per heavy atom. The molecule has 1 aromatic rings. The predicted molar refractivity (Wildman–Crippen MR) is 86.9 cm³/mol. The van der Waals surface area contributed by atoms with Crippen LogP contribution in [0, 0.1) is 11.3 Å². The number of halogens is 1. The van der Waals surface area contributed by atoms with Crippen LogP contribution in [0.5, 0.6) is 0 Å². The molecule has 0 aromatic heterocycles. The van der Waals surface area contributed by atoms with Crippen LogP contribution >= 0.6 is 15.9 Å². The van der Waals surface area contributed by atoms with E-state index in [-0.39, 0.29) is 11.3 Å². The number of carbonyl (C=O) groups excluding carboxylic acids is 1. The van der Waals surface area contributed by atoms with Crippen LogP contribution in [0.1, 0.15) is 27.2 Å². The molecule has 0 radical (unpaired) electrons. The molecule has 1 unspecified atom stereocenters. The van der Waals surface area contributed by atoms with Crippen LogP contribution in [-0.2, 0) is 4.79 Å². The first kappa shape index (κ1) is 15.4. The van der Waals surface area contributed by atoms with Crippen molar-refractivity contribution in [2.45, 2.75) is 27.2 Å². The zero-order chi connectivity index (χ0) is 14.8. The summed E-state index contributed by atoms with van der Waals surface area (Å²) < 4.78 is 1.11. The maximum absolute atomic E-state index is 11.9. The third-order valence-electron chi connectivity index (χ3n) is 3.69. The molecular weight excluding hydrogens is 316 g/mol. The van der Waals surface area contributed by atoms with Crippen molar-refractivity contribution in [3.63, 3.8) is 0 Å². The summed E-state index contributed by atoms with van der Waals surface area (Å²) in [7, 11) is 0. The summed E-state index contributed by atoms with van der Waals surface area (Å²) in [6.45, 7) is 8.70. The lowest BCUT2D eigenvalue weighted by atomic mass is 9.95. The fraction of sp³-hybridized carbons (Fsp3) is 0.562. The highest BCUT2D eigenvalue weighted by atomic mass is 79.9. The maximum atomic E-state index is 11.9. The Labute approximate surface area is 129 Å². The van der Waals surface area contributed by atoms with Crippen LogP contribution in [0.15, 0.2) is 28.7 Å². The van der Waals surface area contributed by atoms with Gasteiger partial charge in [0.15, 0.2) is 0 Å². The van der Waals surface area contributed by atoms with Crippen molar-refractivity contribution in [2.75, 3.05) is 24.5 Å². The van der Waals surface area contributed by atoms with Gasteiger partial charge in [-0.05, 0) is 30.5 Å². The fourth-order valence-electron chi connectivity index (χ4n) is 2.41. The molecule has 1 atom stereocenters. The van der Waals surface area contributed by atoms with Gasteiger partial charge in [0, 0.05) is 35.2 Å².